The van der Waals surface area contributed by atoms with Crippen molar-refractivity contribution in [1.82, 2.24) is 9.62 Å². The SMILES string of the molecule is O=S(=O)(NCc1cccc(-c2cccc(C3OC(CN4CCCC4CO)CC(c4ccc(CO)cc4)O3)c2)c1)c1ccccc1. The molecule has 2 heterocycles. The number of nitrogens with zero attached hydrogens (tertiary/aromatic N) is 1. The summed E-state index contributed by atoms with van der Waals surface area (Å²) in [6.07, 6.45) is 1.86. The average Bonchev–Trinajstić information content (AvgIpc) is 3.55. The molecule has 4 aromatic carbocycles. The predicted octanol–water partition coefficient (Wildman–Crippen LogP) is 5.33. The lowest BCUT2D eigenvalue weighted by molar-refractivity contribution is -0.253. The Morgan fingerprint density at radius 2 is 1.56 bits per heavy atom. The highest BCUT2D eigenvalue weighted by Gasteiger charge is 2.35. The van der Waals surface area contributed by atoms with E-state index in [0.29, 0.717) is 6.42 Å². The number of rotatable bonds is 11. The van der Waals surface area contributed by atoms with Crippen LogP contribution in [0.5, 0.6) is 0 Å². The van der Waals surface area contributed by atoms with Crippen molar-refractivity contribution in [2.45, 2.75) is 61.8 Å². The van der Waals surface area contributed by atoms with Gasteiger partial charge in [-0.1, -0.05) is 78.9 Å². The van der Waals surface area contributed by atoms with Crippen molar-refractivity contribution in [3.8, 4) is 11.1 Å². The Kier molecular flexibility index (Phi) is 10.1. The van der Waals surface area contributed by atoms with Crippen molar-refractivity contribution in [1.29, 1.82) is 0 Å². The van der Waals surface area contributed by atoms with Crippen LogP contribution in [-0.2, 0) is 32.6 Å². The Hall–Kier alpha value is -3.41. The van der Waals surface area contributed by atoms with Gasteiger partial charge in [0.25, 0.3) is 0 Å². The summed E-state index contributed by atoms with van der Waals surface area (Å²) in [5, 5.41) is 19.4. The number of likely N-dealkylation sites (tertiary alicyclic amines) is 1. The molecule has 6 rings (SSSR count). The molecule has 4 unspecified atom stereocenters. The summed E-state index contributed by atoms with van der Waals surface area (Å²) in [6, 6.07) is 32.3. The van der Waals surface area contributed by atoms with Crippen LogP contribution in [-0.4, -0.2) is 55.4 Å². The second kappa shape index (κ2) is 14.3. The fraction of sp³-hybridized carbons (Fsp3) is 0.333. The van der Waals surface area contributed by atoms with Crippen LogP contribution in [0.15, 0.2) is 108 Å². The van der Waals surface area contributed by atoms with Crippen LogP contribution in [0.1, 0.15) is 53.9 Å². The number of benzene rings is 4. The fourth-order valence-corrected chi connectivity index (χ4v) is 7.26. The average molecular weight is 629 g/mol. The third-order valence-corrected chi connectivity index (χ3v) is 10.1. The maximum Gasteiger partial charge on any atom is 0.240 e. The highest BCUT2D eigenvalue weighted by Crippen LogP contribution is 2.39. The minimum absolute atomic E-state index is 0.00936. The standard InChI is InChI=1S/C36H40N2O6S/c39-24-26-14-16-28(17-15-26)35-21-33(23-38-18-6-11-32(38)25-40)43-36(44-35)31-10-5-9-30(20-31)29-8-4-7-27(19-29)22-37-45(41,42)34-12-2-1-3-13-34/h1-5,7-10,12-17,19-20,32-33,35-37,39-40H,6,11,18,21-25H2. The molecule has 9 heteroatoms. The van der Waals surface area contributed by atoms with E-state index in [4.69, 9.17) is 9.47 Å². The van der Waals surface area contributed by atoms with Gasteiger partial charge in [0.2, 0.25) is 10.0 Å². The molecule has 2 saturated heterocycles. The van der Waals surface area contributed by atoms with Crippen LogP contribution >= 0.6 is 0 Å². The Morgan fingerprint density at radius 1 is 0.800 bits per heavy atom. The van der Waals surface area contributed by atoms with Crippen molar-refractivity contribution in [3.05, 3.63) is 125 Å². The predicted molar refractivity (Wildman–Crippen MR) is 172 cm³/mol. The number of aliphatic hydroxyl groups excluding tert-OH is 2. The van der Waals surface area contributed by atoms with E-state index >= 15 is 0 Å². The molecule has 0 radical (unpaired) electrons. The third-order valence-electron chi connectivity index (χ3n) is 8.70. The Labute approximate surface area is 265 Å². The van der Waals surface area contributed by atoms with Gasteiger partial charge in [-0.2, -0.15) is 0 Å². The minimum Gasteiger partial charge on any atom is -0.395 e. The van der Waals surface area contributed by atoms with Gasteiger partial charge in [-0.15, -0.1) is 0 Å². The molecule has 0 saturated carbocycles. The number of hydrogen-bond donors (Lipinski definition) is 3. The van der Waals surface area contributed by atoms with Crippen molar-refractivity contribution < 1.29 is 28.1 Å². The van der Waals surface area contributed by atoms with Crippen molar-refractivity contribution in [2.24, 2.45) is 0 Å². The zero-order valence-corrected chi connectivity index (χ0v) is 26.0. The zero-order chi connectivity index (χ0) is 31.2. The molecule has 3 N–H and O–H groups in total. The number of nitrogens with one attached hydrogen (secondary N) is 1. The van der Waals surface area contributed by atoms with Crippen LogP contribution in [0.4, 0.5) is 0 Å². The van der Waals surface area contributed by atoms with Crippen molar-refractivity contribution in [3.63, 3.8) is 0 Å². The van der Waals surface area contributed by atoms with Gasteiger partial charge in [0.1, 0.15) is 0 Å². The van der Waals surface area contributed by atoms with E-state index in [0.717, 1.165) is 59.3 Å². The molecular weight excluding hydrogens is 588 g/mol. The summed E-state index contributed by atoms with van der Waals surface area (Å²) in [4.78, 5) is 2.56. The first-order valence-corrected chi connectivity index (χ1v) is 17.0. The number of aliphatic hydroxyl groups is 2. The third kappa shape index (κ3) is 7.70. The van der Waals surface area contributed by atoms with Crippen LogP contribution in [0.25, 0.3) is 11.1 Å². The van der Waals surface area contributed by atoms with Crippen LogP contribution in [0.2, 0.25) is 0 Å². The lowest BCUT2D eigenvalue weighted by Gasteiger charge is -2.38. The lowest BCUT2D eigenvalue weighted by Crippen LogP contribution is -2.42. The number of ether oxygens (including phenoxy) is 2. The normalized spacial score (nSPS) is 22.4. The first kappa shape index (κ1) is 31.6. The molecule has 0 aromatic heterocycles. The van der Waals surface area contributed by atoms with Gasteiger partial charge in [-0.25, -0.2) is 13.1 Å². The van der Waals surface area contributed by atoms with E-state index in [1.165, 1.54) is 0 Å². The second-order valence-corrected chi connectivity index (χ2v) is 13.6. The summed E-state index contributed by atoms with van der Waals surface area (Å²) in [5.74, 6) is 0. The largest absolute Gasteiger partial charge is 0.395 e. The maximum absolute atomic E-state index is 12.7. The molecule has 4 aromatic rings. The molecule has 0 aliphatic carbocycles. The van der Waals surface area contributed by atoms with Crippen molar-refractivity contribution in [2.75, 3.05) is 19.7 Å². The molecule has 236 valence electrons. The van der Waals surface area contributed by atoms with Crippen LogP contribution < -0.4 is 4.72 Å². The molecule has 2 aliphatic heterocycles. The maximum atomic E-state index is 12.7. The lowest BCUT2D eigenvalue weighted by atomic mass is 9.98. The summed E-state index contributed by atoms with van der Waals surface area (Å²) in [6.45, 7) is 1.97. The van der Waals surface area contributed by atoms with Gasteiger partial charge < -0.3 is 19.7 Å². The molecule has 2 aliphatic rings. The molecule has 4 atom stereocenters. The molecule has 8 nitrogen and oxygen atoms in total. The van der Waals surface area contributed by atoms with Crippen molar-refractivity contribution >= 4 is 10.0 Å². The van der Waals surface area contributed by atoms with Crippen LogP contribution in [0.3, 0.4) is 0 Å². The summed E-state index contributed by atoms with van der Waals surface area (Å²) in [7, 11) is -3.62. The Balaban J connectivity index is 1.21. The highest BCUT2D eigenvalue weighted by atomic mass is 32.2. The van der Waals surface area contributed by atoms with Gasteiger partial charge in [0, 0.05) is 31.1 Å². The van der Waals surface area contributed by atoms with E-state index in [-0.39, 0.29) is 42.9 Å². The number of sulfonamides is 1. The van der Waals surface area contributed by atoms with Gasteiger partial charge in [-0.3, -0.25) is 4.90 Å². The quantitative estimate of drug-likeness (QED) is 0.206. The topological polar surface area (TPSA) is 108 Å². The minimum atomic E-state index is -3.62. The van der Waals surface area contributed by atoms with Gasteiger partial charge in [0.15, 0.2) is 6.29 Å². The smallest absolute Gasteiger partial charge is 0.240 e. The van der Waals surface area contributed by atoms with E-state index in [9.17, 15) is 18.6 Å². The fourth-order valence-electron chi connectivity index (χ4n) is 6.22. The highest BCUT2D eigenvalue weighted by molar-refractivity contribution is 7.89. The zero-order valence-electron chi connectivity index (χ0n) is 25.2. The first-order valence-electron chi connectivity index (χ1n) is 15.5. The molecule has 0 spiro atoms. The number of hydrogen-bond acceptors (Lipinski definition) is 7. The molecule has 0 amide bonds. The molecular formula is C36H40N2O6S. The molecule has 45 heavy (non-hydrogen) atoms. The summed E-state index contributed by atoms with van der Waals surface area (Å²) in [5.41, 5.74) is 5.55. The van der Waals surface area contributed by atoms with E-state index in [1.54, 1.807) is 30.3 Å². The van der Waals surface area contributed by atoms with Gasteiger partial charge >= 0.3 is 0 Å². The summed E-state index contributed by atoms with van der Waals surface area (Å²) >= 11 is 0. The first-order chi connectivity index (χ1) is 21.9. The molecule has 2 fully saturated rings. The molecule has 0 bridgehead atoms. The van der Waals surface area contributed by atoms with E-state index < -0.39 is 16.3 Å². The van der Waals surface area contributed by atoms with E-state index in [2.05, 4.69) is 15.7 Å². The second-order valence-electron chi connectivity index (χ2n) is 11.8. The van der Waals surface area contributed by atoms with Gasteiger partial charge in [0.05, 0.1) is 30.3 Å². The summed E-state index contributed by atoms with van der Waals surface area (Å²) < 4.78 is 41.4. The monoisotopic (exact) mass is 628 g/mol. The van der Waals surface area contributed by atoms with Crippen LogP contribution in [0, 0.1) is 0 Å². The Bertz CT molecular complexity index is 1660. The van der Waals surface area contributed by atoms with E-state index in [1.807, 2.05) is 66.7 Å². The van der Waals surface area contributed by atoms with Gasteiger partial charge in [-0.05, 0) is 71.5 Å². The Morgan fingerprint density at radius 3 is 2.31 bits per heavy atom.